The van der Waals surface area contributed by atoms with Crippen LogP contribution in [0.2, 0.25) is 0 Å². The van der Waals surface area contributed by atoms with Gasteiger partial charge in [0.05, 0.1) is 38.7 Å². The maximum atomic E-state index is 4.91. The molecule has 7 aromatic rings. The van der Waals surface area contributed by atoms with Gasteiger partial charge in [-0.15, -0.1) is 10.2 Å². The number of nitrogens with zero attached hydrogens (tertiary/aromatic N) is 6. The normalized spacial score (nSPS) is 11.8. The number of rotatable bonds is 3. The van der Waals surface area contributed by atoms with Gasteiger partial charge in [-0.1, -0.05) is 36.4 Å². The number of hydrogen-bond acceptors (Lipinski definition) is 6. The molecular weight excluding hydrogens is 450 g/mol. The Morgan fingerprint density at radius 3 is 1.31 bits per heavy atom. The van der Waals surface area contributed by atoms with Gasteiger partial charge in [-0.25, -0.2) is 15.0 Å². The summed E-state index contributed by atoms with van der Waals surface area (Å²) in [5.74, 6) is 1.81. The molecule has 0 aliphatic rings. The molecule has 0 aliphatic heterocycles. The van der Waals surface area contributed by atoms with Gasteiger partial charge in [0.25, 0.3) is 0 Å². The van der Waals surface area contributed by atoms with Crippen LogP contribution in [0, 0.1) is 20.8 Å². The number of para-hydroxylation sites is 3. The van der Waals surface area contributed by atoms with Gasteiger partial charge in [-0.2, -0.15) is 0 Å². The summed E-state index contributed by atoms with van der Waals surface area (Å²) in [7, 11) is 0. The summed E-state index contributed by atoms with van der Waals surface area (Å²) in [6, 6.07) is 18.1. The van der Waals surface area contributed by atoms with E-state index in [4.69, 9.17) is 15.0 Å². The predicted octanol–water partition coefficient (Wildman–Crippen LogP) is 5.43. The van der Waals surface area contributed by atoms with Gasteiger partial charge >= 0.3 is 0 Å². The molecular formula is C27H21N9. The third-order valence-corrected chi connectivity index (χ3v) is 6.63. The first-order valence-corrected chi connectivity index (χ1v) is 11.7. The van der Waals surface area contributed by atoms with Crippen LogP contribution in [-0.2, 0) is 0 Å². The van der Waals surface area contributed by atoms with E-state index in [9.17, 15) is 0 Å². The minimum absolute atomic E-state index is 0.546. The van der Waals surface area contributed by atoms with Crippen molar-refractivity contribution in [1.29, 1.82) is 0 Å². The van der Waals surface area contributed by atoms with Crippen molar-refractivity contribution in [2.24, 2.45) is 0 Å². The molecule has 0 saturated carbocycles. The summed E-state index contributed by atoms with van der Waals surface area (Å²) in [6.07, 6.45) is 0. The summed E-state index contributed by atoms with van der Waals surface area (Å²) in [4.78, 5) is 24.9. The van der Waals surface area contributed by atoms with Gasteiger partial charge in [0, 0.05) is 0 Å². The molecule has 9 nitrogen and oxygen atoms in total. The van der Waals surface area contributed by atoms with E-state index in [1.165, 1.54) is 0 Å². The standard InChI is InChI=1S/C27H21N9/c1-13-7-4-10-16-20(13)31-25(28-16)19-23(26-29-17-11-5-8-14(2)21(17)32-26)34-36-35-24(19)27-30-18-12-6-9-15(3)22(18)33-27/h4-12H,1-3H3,(H,28,31)(H,29,32)(H,30,33). The first-order valence-electron chi connectivity index (χ1n) is 11.7. The third-order valence-electron chi connectivity index (χ3n) is 6.63. The van der Waals surface area contributed by atoms with Crippen molar-refractivity contribution >= 4 is 33.1 Å². The first kappa shape index (κ1) is 20.5. The van der Waals surface area contributed by atoms with Crippen LogP contribution in [0.3, 0.4) is 0 Å². The SMILES string of the molecule is Cc1cccc2nc(-c3nnnc(-c4nc5cccc(C)c5[nH]4)c3-c3nc4cccc(C)c4[nH]3)[nH]c12. The first-order chi connectivity index (χ1) is 17.6. The molecule has 0 fully saturated rings. The average molecular weight is 472 g/mol. The van der Waals surface area contributed by atoms with Gasteiger partial charge in [0.2, 0.25) is 0 Å². The lowest BCUT2D eigenvalue weighted by Gasteiger charge is -2.07. The number of nitrogens with one attached hydrogen (secondary N) is 3. The number of benzene rings is 3. The Kier molecular flexibility index (Phi) is 4.28. The lowest BCUT2D eigenvalue weighted by molar-refractivity contribution is 0.867. The lowest BCUT2D eigenvalue weighted by atomic mass is 10.1. The minimum Gasteiger partial charge on any atom is -0.338 e. The molecule has 4 aromatic heterocycles. The quantitative estimate of drug-likeness (QED) is 0.316. The third kappa shape index (κ3) is 3.02. The fourth-order valence-corrected chi connectivity index (χ4v) is 4.75. The largest absolute Gasteiger partial charge is 0.338 e. The number of imidazole rings is 3. The van der Waals surface area contributed by atoms with Crippen LogP contribution in [-0.4, -0.2) is 45.3 Å². The van der Waals surface area contributed by atoms with Gasteiger partial charge in [-0.05, 0) is 60.9 Å². The maximum Gasteiger partial charge on any atom is 0.160 e. The highest BCUT2D eigenvalue weighted by molar-refractivity contribution is 5.93. The Hall–Kier alpha value is -4.92. The summed E-state index contributed by atoms with van der Waals surface area (Å²) in [5, 5.41) is 13.0. The van der Waals surface area contributed by atoms with Gasteiger partial charge in [0.1, 0.15) is 17.2 Å². The van der Waals surface area contributed by atoms with Crippen LogP contribution in [0.4, 0.5) is 0 Å². The molecule has 7 rings (SSSR count). The Morgan fingerprint density at radius 2 is 0.889 bits per heavy atom. The van der Waals surface area contributed by atoms with Gasteiger partial charge < -0.3 is 15.0 Å². The van der Waals surface area contributed by atoms with Crippen LogP contribution >= 0.6 is 0 Å². The molecule has 0 unspecified atom stereocenters. The second-order valence-corrected chi connectivity index (χ2v) is 9.02. The van der Waals surface area contributed by atoms with E-state index in [0.717, 1.165) is 49.8 Å². The van der Waals surface area contributed by atoms with E-state index in [2.05, 4.69) is 43.4 Å². The van der Waals surface area contributed by atoms with E-state index in [0.29, 0.717) is 34.4 Å². The second-order valence-electron chi connectivity index (χ2n) is 9.02. The molecule has 0 saturated heterocycles. The number of aromatic amines is 3. The van der Waals surface area contributed by atoms with Crippen LogP contribution in [0.1, 0.15) is 16.7 Å². The zero-order valence-electron chi connectivity index (χ0n) is 19.9. The lowest BCUT2D eigenvalue weighted by Crippen LogP contribution is -2.02. The number of aryl methyl sites for hydroxylation is 3. The van der Waals surface area contributed by atoms with Crippen molar-refractivity contribution in [2.75, 3.05) is 0 Å². The van der Waals surface area contributed by atoms with E-state index >= 15 is 0 Å². The number of hydrogen-bond donors (Lipinski definition) is 3. The van der Waals surface area contributed by atoms with Crippen molar-refractivity contribution in [2.45, 2.75) is 20.8 Å². The zero-order chi connectivity index (χ0) is 24.4. The fraction of sp³-hybridized carbons (Fsp3) is 0.111. The highest BCUT2D eigenvalue weighted by atomic mass is 15.3. The second kappa shape index (κ2) is 7.54. The van der Waals surface area contributed by atoms with Crippen LogP contribution in [0.25, 0.3) is 67.5 Å². The number of fused-ring (bicyclic) bond motifs is 3. The molecule has 0 amide bonds. The molecule has 3 N–H and O–H groups in total. The molecule has 0 atom stereocenters. The highest BCUT2D eigenvalue weighted by Crippen LogP contribution is 2.36. The van der Waals surface area contributed by atoms with E-state index in [1.54, 1.807) is 0 Å². The molecule has 4 heterocycles. The predicted molar refractivity (Wildman–Crippen MR) is 139 cm³/mol. The Bertz CT molecular complexity index is 1840. The molecule has 0 bridgehead atoms. The molecule has 36 heavy (non-hydrogen) atoms. The Labute approximate surface area is 205 Å². The van der Waals surface area contributed by atoms with Crippen molar-refractivity contribution < 1.29 is 0 Å². The smallest absolute Gasteiger partial charge is 0.160 e. The molecule has 9 heteroatoms. The zero-order valence-corrected chi connectivity index (χ0v) is 19.9. The van der Waals surface area contributed by atoms with E-state index in [-0.39, 0.29) is 0 Å². The van der Waals surface area contributed by atoms with Gasteiger partial charge in [-0.3, -0.25) is 0 Å². The minimum atomic E-state index is 0.546. The summed E-state index contributed by atoms with van der Waals surface area (Å²) in [5.41, 5.74) is 10.5. The van der Waals surface area contributed by atoms with Crippen LogP contribution in [0.15, 0.2) is 54.6 Å². The Balaban J connectivity index is 1.55. The van der Waals surface area contributed by atoms with E-state index in [1.807, 2.05) is 62.4 Å². The summed E-state index contributed by atoms with van der Waals surface area (Å²) >= 11 is 0. The molecule has 174 valence electrons. The molecule has 0 aliphatic carbocycles. The Morgan fingerprint density at radius 1 is 0.500 bits per heavy atom. The topological polar surface area (TPSA) is 125 Å². The van der Waals surface area contributed by atoms with Crippen LogP contribution in [0.5, 0.6) is 0 Å². The van der Waals surface area contributed by atoms with Gasteiger partial charge in [0.15, 0.2) is 11.6 Å². The molecule has 0 radical (unpaired) electrons. The monoisotopic (exact) mass is 471 g/mol. The summed E-state index contributed by atoms with van der Waals surface area (Å²) < 4.78 is 0. The van der Waals surface area contributed by atoms with Crippen LogP contribution < -0.4 is 0 Å². The summed E-state index contributed by atoms with van der Waals surface area (Å²) in [6.45, 7) is 6.15. The number of aromatic nitrogens is 9. The van der Waals surface area contributed by atoms with Crippen molar-refractivity contribution in [3.63, 3.8) is 0 Å². The molecule has 3 aromatic carbocycles. The average Bonchev–Trinajstić information content (AvgIpc) is 3.61. The van der Waals surface area contributed by atoms with E-state index < -0.39 is 0 Å². The van der Waals surface area contributed by atoms with Crippen molar-refractivity contribution in [3.8, 4) is 34.4 Å². The van der Waals surface area contributed by atoms with Crippen molar-refractivity contribution in [3.05, 3.63) is 71.3 Å². The maximum absolute atomic E-state index is 4.91. The van der Waals surface area contributed by atoms with Crippen molar-refractivity contribution in [1.82, 2.24) is 45.3 Å². The molecule has 0 spiro atoms. The highest BCUT2D eigenvalue weighted by Gasteiger charge is 2.25. The fourth-order valence-electron chi connectivity index (χ4n) is 4.75. The number of H-pyrrole nitrogens is 3.